The zero-order valence-corrected chi connectivity index (χ0v) is 28.0. The van der Waals surface area contributed by atoms with Gasteiger partial charge in [0.1, 0.15) is 28.8 Å². The number of piperazine rings is 1. The second-order valence-corrected chi connectivity index (χ2v) is 12.5. The second-order valence-electron chi connectivity index (χ2n) is 10.6. The Morgan fingerprint density at radius 2 is 1.73 bits per heavy atom. The molecule has 2 heterocycles. The highest BCUT2D eigenvalue weighted by Gasteiger charge is 2.34. The van der Waals surface area contributed by atoms with E-state index >= 15 is 0 Å². The molecule has 1 saturated heterocycles. The highest BCUT2D eigenvalue weighted by Crippen LogP contribution is 2.46. The Kier molecular flexibility index (Phi) is 11.4. The molecule has 8 nitrogen and oxygen atoms in total. The van der Waals surface area contributed by atoms with Gasteiger partial charge in [-0.25, -0.2) is 4.39 Å². The molecule has 5 rings (SSSR count). The van der Waals surface area contributed by atoms with Gasteiger partial charge in [-0.2, -0.15) is 0 Å². The van der Waals surface area contributed by atoms with Crippen LogP contribution in [-0.4, -0.2) is 75.7 Å². The molecule has 11 heteroatoms. The van der Waals surface area contributed by atoms with Crippen molar-refractivity contribution in [2.24, 2.45) is 0 Å². The number of carbonyl (C=O) groups excluding carboxylic acids is 2. The summed E-state index contributed by atoms with van der Waals surface area (Å²) in [6.45, 7) is 9.41. The molecule has 0 aromatic heterocycles. The summed E-state index contributed by atoms with van der Waals surface area (Å²) in [5, 5.41) is 3.01. The Bertz CT molecular complexity index is 1530. The van der Waals surface area contributed by atoms with Crippen molar-refractivity contribution in [3.8, 4) is 5.75 Å². The molecular weight excluding hydrogens is 659 g/mol. The Hall–Kier alpha value is -3.54. The lowest BCUT2D eigenvalue weighted by atomic mass is 10.1. The van der Waals surface area contributed by atoms with Crippen LogP contribution in [0.3, 0.4) is 0 Å². The van der Waals surface area contributed by atoms with Crippen LogP contribution < -0.4 is 19.9 Å². The Morgan fingerprint density at radius 3 is 2.47 bits per heavy atom. The van der Waals surface area contributed by atoms with E-state index in [0.717, 1.165) is 54.2 Å². The van der Waals surface area contributed by atoms with Crippen molar-refractivity contribution in [2.45, 2.75) is 25.2 Å². The number of rotatable bonds is 12. The number of hydrogen-bond acceptors (Lipinski definition) is 7. The summed E-state index contributed by atoms with van der Waals surface area (Å²) in [5.74, 6) is 0.289. The molecule has 0 unspecified atom stereocenters. The number of halogens is 2. The van der Waals surface area contributed by atoms with E-state index in [-0.39, 0.29) is 24.2 Å². The van der Waals surface area contributed by atoms with E-state index in [1.54, 1.807) is 0 Å². The van der Waals surface area contributed by atoms with E-state index in [1.165, 1.54) is 28.8 Å². The number of para-hydroxylation sites is 2. The van der Waals surface area contributed by atoms with E-state index in [9.17, 15) is 14.0 Å². The van der Waals surface area contributed by atoms with Crippen molar-refractivity contribution >= 4 is 56.6 Å². The summed E-state index contributed by atoms with van der Waals surface area (Å²) in [5.41, 5.74) is 2.40. The van der Waals surface area contributed by atoms with Crippen LogP contribution in [0.5, 0.6) is 5.75 Å². The standard InChI is InChI=1S/C34H38BrFN4O4S/c1-3-43-31-26(9-7-10-27(31)35)32(44-4-2)33-34(42)40(28-11-5-6-12-29(28)45-33)23-30(41)37-17-8-18-38-19-21-39(22-20-38)25-15-13-24(36)14-16-25/h5-7,9-16H,3-4,8,17-23H2,1-2H3,(H,37,41). The summed E-state index contributed by atoms with van der Waals surface area (Å²) in [6, 6.07) is 19.9. The van der Waals surface area contributed by atoms with Crippen molar-refractivity contribution in [2.75, 3.05) is 68.8 Å². The van der Waals surface area contributed by atoms with Gasteiger partial charge in [0.05, 0.1) is 28.9 Å². The molecule has 1 fully saturated rings. The van der Waals surface area contributed by atoms with Gasteiger partial charge >= 0.3 is 0 Å². The number of fused-ring (bicyclic) bond motifs is 1. The highest BCUT2D eigenvalue weighted by molar-refractivity contribution is 9.10. The maximum atomic E-state index is 14.1. The van der Waals surface area contributed by atoms with Gasteiger partial charge in [-0.15, -0.1) is 0 Å². The molecule has 2 amide bonds. The lowest BCUT2D eigenvalue weighted by molar-refractivity contribution is -0.122. The summed E-state index contributed by atoms with van der Waals surface area (Å²) in [7, 11) is 0. The molecule has 1 N–H and O–H groups in total. The number of ether oxygens (including phenoxy) is 2. The average molecular weight is 698 g/mol. The Morgan fingerprint density at radius 1 is 0.978 bits per heavy atom. The number of thioether (sulfide) groups is 1. The van der Waals surface area contributed by atoms with Crippen LogP contribution in [0.2, 0.25) is 0 Å². The molecule has 0 saturated carbocycles. The fourth-order valence-corrected chi connectivity index (χ4v) is 7.04. The van der Waals surface area contributed by atoms with Gasteiger partial charge in [0.25, 0.3) is 5.91 Å². The maximum Gasteiger partial charge on any atom is 0.269 e. The molecule has 2 aliphatic rings. The number of carbonyl (C=O) groups is 2. The van der Waals surface area contributed by atoms with E-state index < -0.39 is 0 Å². The summed E-state index contributed by atoms with van der Waals surface area (Å²) in [4.78, 5) is 34.7. The minimum absolute atomic E-state index is 0.105. The zero-order valence-electron chi connectivity index (χ0n) is 25.6. The molecule has 45 heavy (non-hydrogen) atoms. The average Bonchev–Trinajstić information content (AvgIpc) is 3.05. The first-order valence-corrected chi connectivity index (χ1v) is 16.9. The van der Waals surface area contributed by atoms with Gasteiger partial charge in [-0.05, 0) is 91.3 Å². The lowest BCUT2D eigenvalue weighted by Gasteiger charge is -2.36. The van der Waals surface area contributed by atoms with Crippen LogP contribution in [0.1, 0.15) is 25.8 Å². The van der Waals surface area contributed by atoms with Gasteiger partial charge in [0, 0.05) is 43.3 Å². The highest BCUT2D eigenvalue weighted by atomic mass is 79.9. The molecular formula is C34H38BrFN4O4S. The van der Waals surface area contributed by atoms with Crippen molar-refractivity contribution in [3.05, 3.63) is 87.5 Å². The van der Waals surface area contributed by atoms with Crippen LogP contribution >= 0.6 is 27.7 Å². The Balaban J connectivity index is 1.22. The third-order valence-corrected chi connectivity index (χ3v) is 9.40. The first-order chi connectivity index (χ1) is 21.9. The molecule has 0 bridgehead atoms. The van der Waals surface area contributed by atoms with E-state index in [2.05, 4.69) is 31.0 Å². The van der Waals surface area contributed by atoms with Crippen LogP contribution in [0.15, 0.2) is 81.0 Å². The summed E-state index contributed by atoms with van der Waals surface area (Å²) < 4.78 is 26.1. The Labute approximate surface area is 276 Å². The molecule has 0 atom stereocenters. The molecule has 0 spiro atoms. The minimum Gasteiger partial charge on any atom is -0.492 e. The quantitative estimate of drug-likeness (QED) is 0.138. The van der Waals surface area contributed by atoms with Gasteiger partial charge in [-0.1, -0.05) is 30.0 Å². The van der Waals surface area contributed by atoms with Crippen molar-refractivity contribution in [1.29, 1.82) is 0 Å². The van der Waals surface area contributed by atoms with Crippen LogP contribution in [0, 0.1) is 5.82 Å². The van der Waals surface area contributed by atoms with Gasteiger partial charge in [0.15, 0.2) is 0 Å². The fraction of sp³-hybridized carbons (Fsp3) is 0.353. The van der Waals surface area contributed by atoms with Gasteiger partial charge in [0.2, 0.25) is 5.91 Å². The second kappa shape index (κ2) is 15.6. The van der Waals surface area contributed by atoms with Gasteiger partial charge < -0.3 is 19.7 Å². The predicted octanol–water partition coefficient (Wildman–Crippen LogP) is 6.16. The maximum absolute atomic E-state index is 14.1. The van der Waals surface area contributed by atoms with Crippen molar-refractivity contribution in [3.63, 3.8) is 0 Å². The van der Waals surface area contributed by atoms with E-state index in [1.807, 2.05) is 68.4 Å². The number of nitrogens with one attached hydrogen (secondary N) is 1. The minimum atomic E-state index is -0.293. The molecule has 0 aliphatic carbocycles. The van der Waals surface area contributed by atoms with Crippen LogP contribution in [0.4, 0.5) is 15.8 Å². The third-order valence-electron chi connectivity index (χ3n) is 7.64. The lowest BCUT2D eigenvalue weighted by Crippen LogP contribution is -2.47. The van der Waals surface area contributed by atoms with E-state index in [0.29, 0.717) is 47.4 Å². The van der Waals surface area contributed by atoms with Gasteiger partial charge in [-0.3, -0.25) is 19.4 Å². The number of amides is 2. The number of anilines is 2. The monoisotopic (exact) mass is 696 g/mol. The largest absolute Gasteiger partial charge is 0.492 e. The zero-order chi connectivity index (χ0) is 31.8. The molecule has 2 aliphatic heterocycles. The SMILES string of the molecule is CCOC(=C1Sc2ccccc2N(CC(=O)NCCCN2CCN(c3ccc(F)cc3)CC2)C1=O)c1cccc(Br)c1OCC. The number of hydrogen-bond donors (Lipinski definition) is 1. The first kappa shape index (κ1) is 32.8. The van der Waals surface area contributed by atoms with E-state index in [4.69, 9.17) is 9.47 Å². The topological polar surface area (TPSA) is 74.4 Å². The third kappa shape index (κ3) is 8.01. The van der Waals surface area contributed by atoms with Crippen molar-refractivity contribution in [1.82, 2.24) is 10.2 Å². The van der Waals surface area contributed by atoms with Crippen LogP contribution in [0.25, 0.3) is 5.76 Å². The van der Waals surface area contributed by atoms with Crippen molar-refractivity contribution < 1.29 is 23.5 Å². The predicted molar refractivity (Wildman–Crippen MR) is 181 cm³/mol. The summed E-state index contributed by atoms with van der Waals surface area (Å²) in [6.07, 6.45) is 0.797. The van der Waals surface area contributed by atoms with Crippen LogP contribution in [-0.2, 0) is 14.3 Å². The molecule has 3 aromatic rings. The summed E-state index contributed by atoms with van der Waals surface area (Å²) >= 11 is 4.92. The number of nitrogens with zero attached hydrogens (tertiary/aromatic N) is 3. The first-order valence-electron chi connectivity index (χ1n) is 15.3. The molecule has 0 radical (unpaired) electrons. The smallest absolute Gasteiger partial charge is 0.269 e. The fourth-order valence-electron chi connectivity index (χ4n) is 5.45. The normalized spacial score (nSPS) is 16.3. The number of benzene rings is 3. The molecule has 238 valence electrons. The molecule has 3 aromatic carbocycles.